The smallest absolute Gasteiger partial charge is 0.180 e. The van der Waals surface area contributed by atoms with E-state index in [-0.39, 0.29) is 16.1 Å². The molecule has 0 aliphatic rings. The van der Waals surface area contributed by atoms with Crippen molar-refractivity contribution in [2.45, 2.75) is 70.4 Å². The maximum absolute atomic E-state index is 12.3. The highest BCUT2D eigenvalue weighted by Gasteiger charge is 2.34. The van der Waals surface area contributed by atoms with Gasteiger partial charge in [-0.2, -0.15) is 0 Å². The Kier molecular flexibility index (Phi) is 4.75. The van der Waals surface area contributed by atoms with Crippen LogP contribution in [0.15, 0.2) is 29.2 Å². The Balaban J connectivity index is 3.20. The Labute approximate surface area is 124 Å². The Morgan fingerprint density at radius 2 is 1.45 bits per heavy atom. The Morgan fingerprint density at radius 3 is 1.80 bits per heavy atom. The molecular formula is C17H28O2S. The van der Waals surface area contributed by atoms with Crippen LogP contribution in [0.25, 0.3) is 0 Å². The normalized spacial score (nSPS) is 15.2. The topological polar surface area (TPSA) is 34.1 Å². The molecule has 0 saturated carbocycles. The zero-order valence-electron chi connectivity index (χ0n) is 13.8. The Bertz CT molecular complexity index is 546. The highest BCUT2D eigenvalue weighted by Crippen LogP contribution is 2.41. The van der Waals surface area contributed by atoms with Gasteiger partial charge in [0, 0.05) is 0 Å². The maximum Gasteiger partial charge on any atom is 0.180 e. The summed E-state index contributed by atoms with van der Waals surface area (Å²) in [6.07, 6.45) is 0.636. The van der Waals surface area contributed by atoms with Gasteiger partial charge in [-0.25, -0.2) is 8.42 Å². The molecule has 0 amide bonds. The van der Waals surface area contributed by atoms with Gasteiger partial charge < -0.3 is 0 Å². The van der Waals surface area contributed by atoms with Crippen LogP contribution in [0.2, 0.25) is 0 Å². The van der Waals surface area contributed by atoms with Crippen LogP contribution in [0.1, 0.15) is 60.5 Å². The van der Waals surface area contributed by atoms with Crippen LogP contribution in [0.5, 0.6) is 0 Å². The first-order valence-electron chi connectivity index (χ1n) is 7.29. The first-order valence-corrected chi connectivity index (χ1v) is 8.83. The summed E-state index contributed by atoms with van der Waals surface area (Å²) in [6, 6.07) is 7.43. The second-order valence-corrected chi connectivity index (χ2v) is 9.53. The third kappa shape index (κ3) is 3.08. The van der Waals surface area contributed by atoms with Gasteiger partial charge in [-0.15, -0.1) is 0 Å². The van der Waals surface area contributed by atoms with E-state index in [1.165, 1.54) is 5.56 Å². The summed E-state index contributed by atoms with van der Waals surface area (Å²) in [4.78, 5) is 0.431. The third-order valence-electron chi connectivity index (χ3n) is 4.88. The van der Waals surface area contributed by atoms with E-state index in [9.17, 15) is 8.42 Å². The fraction of sp³-hybridized carbons (Fsp3) is 0.647. The minimum absolute atomic E-state index is 0.00827. The second kappa shape index (κ2) is 5.51. The van der Waals surface area contributed by atoms with Crippen LogP contribution in [0.4, 0.5) is 0 Å². The number of hydrogen-bond acceptors (Lipinski definition) is 2. The summed E-state index contributed by atoms with van der Waals surface area (Å²) >= 11 is 0. The molecule has 0 aliphatic carbocycles. The maximum atomic E-state index is 12.3. The molecule has 114 valence electrons. The molecule has 1 aromatic rings. The van der Waals surface area contributed by atoms with Crippen LogP contribution in [-0.4, -0.2) is 13.7 Å². The summed E-state index contributed by atoms with van der Waals surface area (Å²) in [7, 11) is -3.19. The molecule has 0 radical (unpaired) electrons. The summed E-state index contributed by atoms with van der Waals surface area (Å²) in [5.74, 6) is 0. The summed E-state index contributed by atoms with van der Waals surface area (Å²) in [5, 5.41) is -0.330. The standard InChI is InChI=1S/C17H28O2S/c1-8-13(2)20(18,19)15-11-9-14(10-12-15)17(6,7)16(3,4)5/h9-13H,8H2,1-7H3. The molecule has 0 fully saturated rings. The van der Waals surface area contributed by atoms with Gasteiger partial charge in [-0.3, -0.25) is 0 Å². The third-order valence-corrected chi connectivity index (χ3v) is 7.21. The van der Waals surface area contributed by atoms with Crippen LogP contribution in [-0.2, 0) is 15.3 Å². The van der Waals surface area contributed by atoms with E-state index >= 15 is 0 Å². The van der Waals surface area contributed by atoms with Gasteiger partial charge in [0.25, 0.3) is 0 Å². The fourth-order valence-corrected chi connectivity index (χ4v) is 3.36. The van der Waals surface area contributed by atoms with Gasteiger partial charge in [0.05, 0.1) is 10.1 Å². The molecule has 1 aromatic carbocycles. The SMILES string of the molecule is CCC(C)S(=O)(=O)c1ccc(C(C)(C)C(C)(C)C)cc1. The predicted octanol–water partition coefficient (Wildman–Crippen LogP) is 4.58. The van der Waals surface area contributed by atoms with Crippen molar-refractivity contribution in [1.29, 1.82) is 0 Å². The van der Waals surface area contributed by atoms with E-state index in [2.05, 4.69) is 34.6 Å². The van der Waals surface area contributed by atoms with Gasteiger partial charge in [0.2, 0.25) is 0 Å². The van der Waals surface area contributed by atoms with Crippen molar-refractivity contribution in [3.63, 3.8) is 0 Å². The minimum Gasteiger partial charge on any atom is -0.223 e. The molecule has 1 unspecified atom stereocenters. The lowest BCUT2D eigenvalue weighted by Gasteiger charge is -2.39. The molecule has 0 heterocycles. The van der Waals surface area contributed by atoms with E-state index < -0.39 is 9.84 Å². The molecule has 0 N–H and O–H groups in total. The molecule has 1 rings (SSSR count). The van der Waals surface area contributed by atoms with Crippen molar-refractivity contribution in [2.75, 3.05) is 0 Å². The zero-order chi connectivity index (χ0) is 15.8. The average Bonchev–Trinajstić information content (AvgIpc) is 2.36. The second-order valence-electron chi connectivity index (χ2n) is 7.16. The molecule has 20 heavy (non-hydrogen) atoms. The first-order chi connectivity index (χ1) is 8.94. The summed E-state index contributed by atoms with van der Waals surface area (Å²) < 4.78 is 24.6. The van der Waals surface area contributed by atoms with Gasteiger partial charge in [0.15, 0.2) is 9.84 Å². The van der Waals surface area contributed by atoms with Gasteiger partial charge in [-0.05, 0) is 41.9 Å². The molecule has 0 spiro atoms. The van der Waals surface area contributed by atoms with Gasteiger partial charge in [-0.1, -0.05) is 53.7 Å². The Hall–Kier alpha value is -0.830. The lowest BCUT2D eigenvalue weighted by molar-refractivity contribution is 0.225. The van der Waals surface area contributed by atoms with E-state index in [0.717, 1.165) is 0 Å². The van der Waals surface area contributed by atoms with Crippen molar-refractivity contribution >= 4 is 9.84 Å². The summed E-state index contributed by atoms with van der Waals surface area (Å²) in [5.41, 5.74) is 1.28. The minimum atomic E-state index is -3.19. The number of benzene rings is 1. The van der Waals surface area contributed by atoms with Crippen LogP contribution < -0.4 is 0 Å². The van der Waals surface area contributed by atoms with E-state index in [4.69, 9.17) is 0 Å². The van der Waals surface area contributed by atoms with Gasteiger partial charge in [0.1, 0.15) is 0 Å². The van der Waals surface area contributed by atoms with Crippen LogP contribution in [0, 0.1) is 5.41 Å². The largest absolute Gasteiger partial charge is 0.223 e. The molecule has 1 atom stereocenters. The summed E-state index contributed by atoms with van der Waals surface area (Å²) in [6.45, 7) is 14.7. The van der Waals surface area contributed by atoms with Crippen molar-refractivity contribution in [3.05, 3.63) is 29.8 Å². The monoisotopic (exact) mass is 296 g/mol. The molecular weight excluding hydrogens is 268 g/mol. The van der Waals surface area contributed by atoms with Crippen LogP contribution in [0.3, 0.4) is 0 Å². The lowest BCUT2D eigenvalue weighted by atomic mass is 9.65. The van der Waals surface area contributed by atoms with E-state index in [1.807, 2.05) is 19.1 Å². The van der Waals surface area contributed by atoms with Gasteiger partial charge >= 0.3 is 0 Å². The average molecular weight is 296 g/mol. The van der Waals surface area contributed by atoms with Crippen molar-refractivity contribution < 1.29 is 8.42 Å². The quantitative estimate of drug-likeness (QED) is 0.815. The lowest BCUT2D eigenvalue weighted by Crippen LogP contribution is -2.33. The highest BCUT2D eigenvalue weighted by atomic mass is 32.2. The van der Waals surface area contributed by atoms with E-state index in [0.29, 0.717) is 11.3 Å². The molecule has 0 saturated heterocycles. The van der Waals surface area contributed by atoms with E-state index in [1.54, 1.807) is 19.1 Å². The molecule has 3 heteroatoms. The Morgan fingerprint density at radius 1 is 1.00 bits per heavy atom. The zero-order valence-corrected chi connectivity index (χ0v) is 14.6. The number of rotatable bonds is 4. The van der Waals surface area contributed by atoms with Crippen molar-refractivity contribution in [1.82, 2.24) is 0 Å². The molecule has 0 aromatic heterocycles. The first kappa shape index (κ1) is 17.2. The number of sulfone groups is 1. The molecule has 0 bridgehead atoms. The predicted molar refractivity (Wildman–Crippen MR) is 85.9 cm³/mol. The van der Waals surface area contributed by atoms with Crippen molar-refractivity contribution in [3.8, 4) is 0 Å². The highest BCUT2D eigenvalue weighted by molar-refractivity contribution is 7.92. The number of hydrogen-bond donors (Lipinski definition) is 0. The molecule has 0 aliphatic heterocycles. The van der Waals surface area contributed by atoms with Crippen LogP contribution >= 0.6 is 0 Å². The fourth-order valence-electron chi connectivity index (χ4n) is 1.95. The van der Waals surface area contributed by atoms with Crippen molar-refractivity contribution in [2.24, 2.45) is 5.41 Å². The molecule has 2 nitrogen and oxygen atoms in total.